The van der Waals surface area contributed by atoms with Gasteiger partial charge in [0.05, 0.1) is 0 Å². The molecule has 2 unspecified atom stereocenters. The van der Waals surface area contributed by atoms with Crippen molar-refractivity contribution in [2.24, 2.45) is 23.2 Å². The van der Waals surface area contributed by atoms with Crippen molar-refractivity contribution >= 4 is 18.3 Å². The first kappa shape index (κ1) is 16.6. The summed E-state index contributed by atoms with van der Waals surface area (Å²) in [7, 11) is 0. The number of halogens is 1. The Morgan fingerprint density at radius 3 is 2.23 bits per heavy atom. The van der Waals surface area contributed by atoms with Crippen LogP contribution in [0.25, 0.3) is 0 Å². The molecule has 4 saturated carbocycles. The van der Waals surface area contributed by atoms with Crippen LogP contribution in [0.15, 0.2) is 0 Å². The van der Waals surface area contributed by atoms with E-state index in [2.05, 4.69) is 17.6 Å². The maximum atomic E-state index is 12.6. The fourth-order valence-electron chi connectivity index (χ4n) is 6.39. The van der Waals surface area contributed by atoms with Gasteiger partial charge in [-0.3, -0.25) is 4.79 Å². The molecule has 0 aromatic rings. The molecule has 5 fully saturated rings. The second-order valence-electron chi connectivity index (χ2n) is 8.74. The number of carbonyl (C=O) groups is 1. The van der Waals surface area contributed by atoms with Crippen molar-refractivity contribution in [3.05, 3.63) is 0 Å². The molecule has 4 aliphatic carbocycles. The van der Waals surface area contributed by atoms with Crippen molar-refractivity contribution in [1.29, 1.82) is 0 Å². The molecule has 1 heterocycles. The van der Waals surface area contributed by atoms with E-state index < -0.39 is 0 Å². The first-order chi connectivity index (χ1) is 10.1. The maximum Gasteiger partial charge on any atom is 0.220 e. The van der Waals surface area contributed by atoms with Crippen LogP contribution in [0.2, 0.25) is 0 Å². The summed E-state index contributed by atoms with van der Waals surface area (Å²) < 4.78 is 0. The van der Waals surface area contributed by atoms with E-state index in [1.807, 2.05) is 0 Å². The van der Waals surface area contributed by atoms with E-state index in [0.717, 1.165) is 43.6 Å². The summed E-state index contributed by atoms with van der Waals surface area (Å²) in [5.74, 6) is 3.19. The lowest BCUT2D eigenvalue weighted by molar-refractivity contribution is -0.130. The molecule has 4 bridgehead atoms. The molecule has 0 aromatic heterocycles. The minimum Gasteiger partial charge on any atom is -0.353 e. The van der Waals surface area contributed by atoms with E-state index in [9.17, 15) is 4.79 Å². The summed E-state index contributed by atoms with van der Waals surface area (Å²) in [4.78, 5) is 12.6. The predicted octanol–water partition coefficient (Wildman–Crippen LogP) is 3.27. The van der Waals surface area contributed by atoms with E-state index in [1.165, 1.54) is 38.5 Å². The van der Waals surface area contributed by atoms with Crippen LogP contribution in [-0.2, 0) is 4.79 Å². The van der Waals surface area contributed by atoms with Gasteiger partial charge in [0.1, 0.15) is 0 Å². The van der Waals surface area contributed by atoms with Crippen LogP contribution in [0.3, 0.4) is 0 Å². The molecule has 22 heavy (non-hydrogen) atoms. The molecule has 0 radical (unpaired) electrons. The quantitative estimate of drug-likeness (QED) is 0.835. The van der Waals surface area contributed by atoms with Gasteiger partial charge in [0.25, 0.3) is 0 Å². The molecule has 5 rings (SSSR count). The van der Waals surface area contributed by atoms with E-state index in [-0.39, 0.29) is 12.4 Å². The van der Waals surface area contributed by atoms with E-state index in [4.69, 9.17) is 0 Å². The van der Waals surface area contributed by atoms with Crippen LogP contribution in [0.1, 0.15) is 64.7 Å². The van der Waals surface area contributed by atoms with Gasteiger partial charge in [-0.15, -0.1) is 12.4 Å². The van der Waals surface area contributed by atoms with Crippen LogP contribution in [0.4, 0.5) is 0 Å². The Balaban J connectivity index is 0.00000144. The van der Waals surface area contributed by atoms with Crippen molar-refractivity contribution in [2.75, 3.05) is 6.54 Å². The van der Waals surface area contributed by atoms with Gasteiger partial charge in [-0.2, -0.15) is 0 Å². The Kier molecular flexibility index (Phi) is 4.76. The minimum absolute atomic E-state index is 0. The van der Waals surface area contributed by atoms with E-state index >= 15 is 0 Å². The normalized spacial score (nSPS) is 46.1. The highest BCUT2D eigenvalue weighted by molar-refractivity contribution is 5.85. The van der Waals surface area contributed by atoms with Crippen molar-refractivity contribution in [3.8, 4) is 0 Å². The van der Waals surface area contributed by atoms with Crippen LogP contribution in [-0.4, -0.2) is 24.5 Å². The fourth-order valence-corrected chi connectivity index (χ4v) is 6.39. The Morgan fingerprint density at radius 1 is 1.09 bits per heavy atom. The van der Waals surface area contributed by atoms with Crippen molar-refractivity contribution in [1.82, 2.24) is 10.6 Å². The molecule has 2 N–H and O–H groups in total. The van der Waals surface area contributed by atoms with Gasteiger partial charge in [-0.05, 0) is 88.0 Å². The molecule has 1 saturated heterocycles. The van der Waals surface area contributed by atoms with Gasteiger partial charge >= 0.3 is 0 Å². The first-order valence-corrected chi connectivity index (χ1v) is 9.13. The van der Waals surface area contributed by atoms with Crippen LogP contribution < -0.4 is 10.6 Å². The summed E-state index contributed by atoms with van der Waals surface area (Å²) >= 11 is 0. The molecule has 0 aromatic carbocycles. The molecule has 5 aliphatic rings. The Hall–Kier alpha value is -0.280. The molecule has 126 valence electrons. The number of piperidine rings is 1. The zero-order valence-electron chi connectivity index (χ0n) is 13.8. The summed E-state index contributed by atoms with van der Waals surface area (Å²) in [6.45, 7) is 3.26. The molecule has 0 spiro atoms. The monoisotopic (exact) mass is 326 g/mol. The molecular weight excluding hydrogens is 296 g/mol. The van der Waals surface area contributed by atoms with Crippen LogP contribution in [0.5, 0.6) is 0 Å². The lowest BCUT2D eigenvalue weighted by Gasteiger charge is -2.56. The second-order valence-corrected chi connectivity index (χ2v) is 8.74. The van der Waals surface area contributed by atoms with E-state index in [0.29, 0.717) is 23.4 Å². The lowest BCUT2D eigenvalue weighted by Crippen LogP contribution is -2.50. The largest absolute Gasteiger partial charge is 0.353 e. The molecule has 2 atom stereocenters. The van der Waals surface area contributed by atoms with Crippen molar-refractivity contribution < 1.29 is 4.79 Å². The van der Waals surface area contributed by atoms with Crippen LogP contribution in [0, 0.1) is 23.2 Å². The highest BCUT2D eigenvalue weighted by Crippen LogP contribution is 2.61. The van der Waals surface area contributed by atoms with Gasteiger partial charge in [0.2, 0.25) is 5.91 Å². The maximum absolute atomic E-state index is 12.6. The molecule has 4 heteroatoms. The SMILES string of the molecule is CC1CC(NC(=O)CC23CC4CC(CC(C4)C2)C3)CCN1.Cl. The highest BCUT2D eigenvalue weighted by atomic mass is 35.5. The minimum atomic E-state index is 0. The van der Waals surface area contributed by atoms with E-state index in [1.54, 1.807) is 0 Å². The second kappa shape index (κ2) is 6.32. The molecular formula is C18H31ClN2O. The molecule has 3 nitrogen and oxygen atoms in total. The summed E-state index contributed by atoms with van der Waals surface area (Å²) in [5, 5.41) is 6.81. The zero-order valence-corrected chi connectivity index (χ0v) is 14.6. The number of nitrogens with one attached hydrogen (secondary N) is 2. The Morgan fingerprint density at radius 2 is 1.68 bits per heavy atom. The van der Waals surface area contributed by atoms with Gasteiger partial charge in [-0.25, -0.2) is 0 Å². The smallest absolute Gasteiger partial charge is 0.220 e. The third-order valence-corrected chi connectivity index (χ3v) is 6.69. The highest BCUT2D eigenvalue weighted by Gasteiger charge is 2.51. The third-order valence-electron chi connectivity index (χ3n) is 6.69. The lowest BCUT2D eigenvalue weighted by atomic mass is 9.49. The van der Waals surface area contributed by atoms with Crippen molar-refractivity contribution in [2.45, 2.75) is 76.8 Å². The number of hydrogen-bond acceptors (Lipinski definition) is 2. The number of amides is 1. The van der Waals surface area contributed by atoms with Gasteiger partial charge in [-0.1, -0.05) is 0 Å². The number of hydrogen-bond donors (Lipinski definition) is 2. The standard InChI is InChI=1S/C18H30N2O.ClH/c1-12-4-16(2-3-19-12)20-17(21)11-18-8-13-5-14(9-18)7-15(6-13)10-18;/h12-16,19H,2-11H2,1H3,(H,20,21);1H. The first-order valence-electron chi connectivity index (χ1n) is 9.13. The Bertz CT molecular complexity index is 390. The molecule has 1 aliphatic heterocycles. The summed E-state index contributed by atoms with van der Waals surface area (Å²) in [6, 6.07) is 0.950. The van der Waals surface area contributed by atoms with Crippen LogP contribution >= 0.6 is 12.4 Å². The number of carbonyl (C=O) groups excluding carboxylic acids is 1. The Labute approximate surface area is 140 Å². The predicted molar refractivity (Wildman–Crippen MR) is 91.1 cm³/mol. The third kappa shape index (κ3) is 3.31. The average molecular weight is 327 g/mol. The topological polar surface area (TPSA) is 41.1 Å². The fraction of sp³-hybridized carbons (Fsp3) is 0.944. The van der Waals surface area contributed by atoms with Crippen molar-refractivity contribution in [3.63, 3.8) is 0 Å². The zero-order chi connectivity index (χ0) is 14.4. The van der Waals surface area contributed by atoms with Gasteiger partial charge in [0, 0.05) is 18.5 Å². The summed E-state index contributed by atoms with van der Waals surface area (Å²) in [5.41, 5.74) is 0.386. The number of rotatable bonds is 3. The van der Waals surface area contributed by atoms with Gasteiger partial charge in [0.15, 0.2) is 0 Å². The summed E-state index contributed by atoms with van der Waals surface area (Å²) in [6.07, 6.45) is 11.4. The van der Waals surface area contributed by atoms with Gasteiger partial charge < -0.3 is 10.6 Å². The average Bonchev–Trinajstić information content (AvgIpc) is 2.35. The molecule has 1 amide bonds.